The van der Waals surface area contributed by atoms with Crippen LogP contribution in [0.15, 0.2) is 43.0 Å². The molecular formula is C17H18N4O. The zero-order valence-electron chi connectivity index (χ0n) is 12.5. The number of carbonyl (C=O) groups is 1. The van der Waals surface area contributed by atoms with Crippen LogP contribution in [0.3, 0.4) is 0 Å². The highest BCUT2D eigenvalue weighted by Gasteiger charge is 2.27. The van der Waals surface area contributed by atoms with Crippen molar-refractivity contribution >= 4 is 16.8 Å². The highest BCUT2D eigenvalue weighted by Crippen LogP contribution is 2.28. The second-order valence-corrected chi connectivity index (χ2v) is 5.82. The summed E-state index contributed by atoms with van der Waals surface area (Å²) in [5.41, 5.74) is 3.68. The lowest BCUT2D eigenvalue weighted by atomic mass is 10.0. The summed E-state index contributed by atoms with van der Waals surface area (Å²) >= 11 is 0. The van der Waals surface area contributed by atoms with Gasteiger partial charge < -0.3 is 14.5 Å². The van der Waals surface area contributed by atoms with Crippen LogP contribution < -0.4 is 0 Å². The van der Waals surface area contributed by atoms with Crippen molar-refractivity contribution in [2.24, 2.45) is 0 Å². The van der Waals surface area contributed by atoms with E-state index >= 15 is 0 Å². The van der Waals surface area contributed by atoms with Gasteiger partial charge in [0.1, 0.15) is 6.04 Å². The number of aromatic nitrogens is 3. The Kier molecular flexibility index (Phi) is 2.99. The number of amides is 1. The maximum atomic E-state index is 12.7. The van der Waals surface area contributed by atoms with Crippen molar-refractivity contribution in [2.45, 2.75) is 25.9 Å². The molecule has 0 bridgehead atoms. The molecule has 0 spiro atoms. The predicted molar refractivity (Wildman–Crippen MR) is 84.4 cm³/mol. The molecule has 3 heterocycles. The largest absolute Gasteiger partial charge is 0.357 e. The lowest BCUT2D eigenvalue weighted by Gasteiger charge is -2.29. The van der Waals surface area contributed by atoms with E-state index in [1.54, 1.807) is 12.5 Å². The number of H-pyrrole nitrogens is 1. The topological polar surface area (TPSA) is 53.9 Å². The Hall–Kier alpha value is -2.56. The molecule has 1 amide bonds. The number of hydrogen-bond donors (Lipinski definition) is 1. The van der Waals surface area contributed by atoms with Gasteiger partial charge in [-0.2, -0.15) is 0 Å². The SMILES string of the molecule is C[C@@H](C(=O)N1CCc2c([nH]c3ccccc23)C1)n1ccnc1. The number of carbonyl (C=O) groups excluding carboxylic acids is 1. The zero-order valence-corrected chi connectivity index (χ0v) is 12.5. The molecule has 22 heavy (non-hydrogen) atoms. The van der Waals surface area contributed by atoms with Crippen molar-refractivity contribution in [1.82, 2.24) is 19.4 Å². The zero-order chi connectivity index (χ0) is 15.1. The van der Waals surface area contributed by atoms with Crippen LogP contribution in [0.5, 0.6) is 0 Å². The van der Waals surface area contributed by atoms with E-state index in [9.17, 15) is 4.79 Å². The predicted octanol–water partition coefficient (Wildman–Crippen LogP) is 2.51. The first-order valence-corrected chi connectivity index (χ1v) is 7.58. The van der Waals surface area contributed by atoms with E-state index in [4.69, 9.17) is 0 Å². The maximum Gasteiger partial charge on any atom is 0.245 e. The number of nitrogens with one attached hydrogen (secondary N) is 1. The van der Waals surface area contributed by atoms with Gasteiger partial charge in [-0.3, -0.25) is 4.79 Å². The molecule has 0 unspecified atom stereocenters. The van der Waals surface area contributed by atoms with Crippen molar-refractivity contribution < 1.29 is 4.79 Å². The molecule has 1 aliphatic heterocycles. The Balaban J connectivity index is 1.60. The molecule has 5 nitrogen and oxygen atoms in total. The summed E-state index contributed by atoms with van der Waals surface area (Å²) in [7, 11) is 0. The van der Waals surface area contributed by atoms with Gasteiger partial charge in [-0.05, 0) is 25.0 Å². The highest BCUT2D eigenvalue weighted by atomic mass is 16.2. The first-order valence-electron chi connectivity index (χ1n) is 7.58. The third kappa shape index (κ3) is 2.01. The molecule has 3 aromatic rings. The van der Waals surface area contributed by atoms with Crippen molar-refractivity contribution in [2.75, 3.05) is 6.54 Å². The standard InChI is InChI=1S/C17H18N4O/c1-12(21-9-7-18-11-21)17(22)20-8-6-14-13-4-2-3-5-15(13)19-16(14)10-20/h2-5,7,9,11-12,19H,6,8,10H2,1H3/t12-/m0/s1. The second-order valence-electron chi connectivity index (χ2n) is 5.82. The Morgan fingerprint density at radius 2 is 2.23 bits per heavy atom. The molecule has 1 atom stereocenters. The molecule has 5 heteroatoms. The summed E-state index contributed by atoms with van der Waals surface area (Å²) in [5, 5.41) is 1.28. The van der Waals surface area contributed by atoms with Crippen LogP contribution in [-0.2, 0) is 17.8 Å². The van der Waals surface area contributed by atoms with Gasteiger partial charge in [-0.1, -0.05) is 18.2 Å². The molecule has 0 saturated heterocycles. The highest BCUT2D eigenvalue weighted by molar-refractivity contribution is 5.86. The van der Waals surface area contributed by atoms with E-state index < -0.39 is 0 Å². The van der Waals surface area contributed by atoms with Crippen LogP contribution in [0.4, 0.5) is 0 Å². The number of fused-ring (bicyclic) bond motifs is 3. The van der Waals surface area contributed by atoms with Crippen molar-refractivity contribution in [3.8, 4) is 0 Å². The summed E-state index contributed by atoms with van der Waals surface area (Å²) < 4.78 is 1.85. The van der Waals surface area contributed by atoms with Gasteiger partial charge in [0.2, 0.25) is 5.91 Å². The van der Waals surface area contributed by atoms with Gasteiger partial charge in [0, 0.05) is 35.5 Å². The lowest BCUT2D eigenvalue weighted by molar-refractivity contribution is -0.135. The Labute approximate surface area is 128 Å². The first kappa shape index (κ1) is 13.1. The first-order chi connectivity index (χ1) is 10.7. The smallest absolute Gasteiger partial charge is 0.245 e. The molecule has 0 saturated carbocycles. The summed E-state index contributed by atoms with van der Waals surface area (Å²) in [6, 6.07) is 8.13. The van der Waals surface area contributed by atoms with Crippen LogP contribution in [-0.4, -0.2) is 31.9 Å². The Bertz CT molecular complexity index is 818. The van der Waals surface area contributed by atoms with Gasteiger partial charge in [-0.25, -0.2) is 4.98 Å². The molecule has 1 aromatic carbocycles. The molecule has 1 N–H and O–H groups in total. The van der Waals surface area contributed by atoms with Gasteiger partial charge in [0.05, 0.1) is 12.9 Å². The van der Waals surface area contributed by atoms with E-state index in [0.717, 1.165) is 18.5 Å². The minimum absolute atomic E-state index is 0.141. The third-order valence-corrected chi connectivity index (χ3v) is 4.52. The molecule has 2 aromatic heterocycles. The Morgan fingerprint density at radius 1 is 1.36 bits per heavy atom. The fraction of sp³-hybridized carbons (Fsp3) is 0.294. The van der Waals surface area contributed by atoms with Gasteiger partial charge in [0.25, 0.3) is 0 Å². The Morgan fingerprint density at radius 3 is 3.05 bits per heavy atom. The van der Waals surface area contributed by atoms with Crippen LogP contribution >= 0.6 is 0 Å². The maximum absolute atomic E-state index is 12.7. The number of hydrogen-bond acceptors (Lipinski definition) is 2. The molecule has 0 radical (unpaired) electrons. The number of imidazole rings is 1. The fourth-order valence-electron chi connectivity index (χ4n) is 3.27. The van der Waals surface area contributed by atoms with E-state index in [1.807, 2.05) is 28.7 Å². The van der Waals surface area contributed by atoms with Gasteiger partial charge >= 0.3 is 0 Å². The average molecular weight is 294 g/mol. The molecule has 4 rings (SSSR count). The molecule has 112 valence electrons. The van der Waals surface area contributed by atoms with E-state index in [2.05, 4.69) is 28.2 Å². The third-order valence-electron chi connectivity index (χ3n) is 4.52. The van der Waals surface area contributed by atoms with Crippen LogP contribution in [0.1, 0.15) is 24.2 Å². The number of aromatic amines is 1. The number of rotatable bonds is 2. The molecule has 1 aliphatic rings. The monoisotopic (exact) mass is 294 g/mol. The summed E-state index contributed by atoms with van der Waals surface area (Å²) in [6.07, 6.45) is 6.14. The van der Waals surface area contributed by atoms with E-state index in [0.29, 0.717) is 6.54 Å². The minimum Gasteiger partial charge on any atom is -0.357 e. The fourth-order valence-corrected chi connectivity index (χ4v) is 3.27. The van der Waals surface area contributed by atoms with Crippen molar-refractivity contribution in [3.63, 3.8) is 0 Å². The van der Waals surface area contributed by atoms with Gasteiger partial charge in [-0.15, -0.1) is 0 Å². The second kappa shape index (κ2) is 5.02. The van der Waals surface area contributed by atoms with Crippen LogP contribution in [0.2, 0.25) is 0 Å². The van der Waals surface area contributed by atoms with E-state index in [1.165, 1.54) is 16.6 Å². The number of nitrogens with zero attached hydrogens (tertiary/aromatic N) is 3. The normalized spacial score (nSPS) is 15.8. The molecule has 0 fully saturated rings. The minimum atomic E-state index is -0.214. The van der Waals surface area contributed by atoms with Crippen molar-refractivity contribution in [1.29, 1.82) is 0 Å². The van der Waals surface area contributed by atoms with E-state index in [-0.39, 0.29) is 11.9 Å². The van der Waals surface area contributed by atoms with Gasteiger partial charge in [0.15, 0.2) is 0 Å². The molecular weight excluding hydrogens is 276 g/mol. The van der Waals surface area contributed by atoms with Crippen LogP contribution in [0, 0.1) is 0 Å². The van der Waals surface area contributed by atoms with Crippen molar-refractivity contribution in [3.05, 3.63) is 54.2 Å². The quantitative estimate of drug-likeness (QED) is 0.789. The average Bonchev–Trinajstić information content (AvgIpc) is 3.20. The lowest BCUT2D eigenvalue weighted by Crippen LogP contribution is -2.39. The molecule has 0 aliphatic carbocycles. The number of para-hydroxylation sites is 1. The summed E-state index contributed by atoms with van der Waals surface area (Å²) in [6.45, 7) is 3.35. The summed E-state index contributed by atoms with van der Waals surface area (Å²) in [5.74, 6) is 0.141. The summed E-state index contributed by atoms with van der Waals surface area (Å²) in [4.78, 5) is 22.1. The number of benzene rings is 1. The van der Waals surface area contributed by atoms with Crippen LogP contribution in [0.25, 0.3) is 10.9 Å².